The van der Waals surface area contributed by atoms with Crippen LogP contribution in [0.1, 0.15) is 11.3 Å². The van der Waals surface area contributed by atoms with Gasteiger partial charge in [-0.1, -0.05) is 11.2 Å². The van der Waals surface area contributed by atoms with E-state index in [1.807, 2.05) is 6.92 Å². The normalized spacial score (nSPS) is 11.4. The van der Waals surface area contributed by atoms with Crippen molar-refractivity contribution in [2.75, 3.05) is 11.8 Å². The quantitative estimate of drug-likeness (QED) is 0.730. The zero-order valence-electron chi connectivity index (χ0n) is 14.4. The molecule has 0 bridgehead atoms. The average molecular weight is 376 g/mol. The first-order valence-electron chi connectivity index (χ1n) is 7.71. The lowest BCUT2D eigenvalue weighted by Crippen LogP contribution is -2.14. The fraction of sp³-hybridized carbons (Fsp3) is 0.167. The number of hydrogen-bond donors (Lipinski definition) is 1. The molecule has 0 amide bonds. The number of anilines is 1. The second kappa shape index (κ2) is 6.80. The van der Waals surface area contributed by atoms with Crippen LogP contribution < -0.4 is 9.46 Å². The number of aromatic nitrogens is 1. The lowest BCUT2D eigenvalue weighted by Gasteiger charge is -2.13. The molecule has 0 saturated heterocycles. The summed E-state index contributed by atoms with van der Waals surface area (Å²) in [6, 6.07) is 9.86. The second-order valence-electron chi connectivity index (χ2n) is 5.70. The minimum atomic E-state index is -4.01. The summed E-state index contributed by atoms with van der Waals surface area (Å²) in [7, 11) is -2.64. The van der Waals surface area contributed by atoms with Gasteiger partial charge in [-0.3, -0.25) is 4.72 Å². The Morgan fingerprint density at radius 3 is 2.54 bits per heavy atom. The zero-order chi connectivity index (χ0) is 18.9. The molecule has 1 N–H and O–H groups in total. The minimum absolute atomic E-state index is 0.0878. The number of rotatable bonds is 5. The average Bonchev–Trinajstić information content (AvgIpc) is 2.93. The zero-order valence-corrected chi connectivity index (χ0v) is 15.2. The van der Waals surface area contributed by atoms with E-state index in [1.54, 1.807) is 13.0 Å². The number of ether oxygens (including phenoxy) is 1. The molecule has 0 aliphatic heterocycles. The van der Waals surface area contributed by atoms with E-state index in [0.29, 0.717) is 11.3 Å². The third-order valence-electron chi connectivity index (χ3n) is 3.95. The molecule has 0 unspecified atom stereocenters. The van der Waals surface area contributed by atoms with E-state index in [2.05, 4.69) is 9.88 Å². The molecule has 0 aliphatic carbocycles. The van der Waals surface area contributed by atoms with Crippen LogP contribution in [0.15, 0.2) is 51.9 Å². The predicted molar refractivity (Wildman–Crippen MR) is 95.2 cm³/mol. The number of nitrogens with one attached hydrogen (secondary N) is 1. The van der Waals surface area contributed by atoms with E-state index in [0.717, 1.165) is 17.3 Å². The predicted octanol–water partition coefficient (Wildman–Crippen LogP) is 3.91. The molecule has 0 fully saturated rings. The van der Waals surface area contributed by atoms with Crippen LogP contribution >= 0.6 is 0 Å². The number of sulfonamides is 1. The smallest absolute Gasteiger partial charge is 0.265 e. The maximum atomic E-state index is 13.3. The second-order valence-corrected chi connectivity index (χ2v) is 7.35. The molecule has 1 aromatic heterocycles. The van der Waals surface area contributed by atoms with Crippen LogP contribution in [0, 0.1) is 19.7 Å². The lowest BCUT2D eigenvalue weighted by atomic mass is 10.1. The summed E-state index contributed by atoms with van der Waals surface area (Å²) in [6.45, 7) is 3.64. The summed E-state index contributed by atoms with van der Waals surface area (Å²) in [5.74, 6) is 0.0950. The first-order valence-corrected chi connectivity index (χ1v) is 9.20. The molecule has 0 saturated carbocycles. The van der Waals surface area contributed by atoms with Gasteiger partial charge in [0.15, 0.2) is 5.76 Å². The van der Waals surface area contributed by atoms with Gasteiger partial charge in [-0.15, -0.1) is 0 Å². The molecular weight excluding hydrogens is 359 g/mol. The largest absolute Gasteiger partial charge is 0.495 e. The topological polar surface area (TPSA) is 81.4 Å². The Morgan fingerprint density at radius 1 is 1.15 bits per heavy atom. The Hall–Kier alpha value is -2.87. The van der Waals surface area contributed by atoms with Gasteiger partial charge in [0, 0.05) is 11.1 Å². The van der Waals surface area contributed by atoms with Crippen molar-refractivity contribution in [3.8, 4) is 17.1 Å². The Labute approximate surface area is 150 Å². The van der Waals surface area contributed by atoms with Crippen molar-refractivity contribution < 1.29 is 22.1 Å². The Bertz CT molecular complexity index is 1060. The van der Waals surface area contributed by atoms with Gasteiger partial charge in [-0.25, -0.2) is 12.8 Å². The van der Waals surface area contributed by atoms with Crippen molar-refractivity contribution in [1.82, 2.24) is 5.16 Å². The van der Waals surface area contributed by atoms with E-state index in [-0.39, 0.29) is 16.3 Å². The Morgan fingerprint density at radius 2 is 1.92 bits per heavy atom. The fourth-order valence-electron chi connectivity index (χ4n) is 2.47. The Balaban J connectivity index is 2.07. The van der Waals surface area contributed by atoms with Crippen LogP contribution in [-0.4, -0.2) is 20.7 Å². The summed E-state index contributed by atoms with van der Waals surface area (Å²) in [5, 5.41) is 3.89. The fourth-order valence-corrected chi connectivity index (χ4v) is 3.72. The molecule has 26 heavy (non-hydrogen) atoms. The van der Waals surface area contributed by atoms with Gasteiger partial charge < -0.3 is 9.26 Å². The highest BCUT2D eigenvalue weighted by Crippen LogP contribution is 2.33. The number of nitrogens with zero attached hydrogens (tertiary/aromatic N) is 1. The third-order valence-corrected chi connectivity index (χ3v) is 5.35. The number of hydrogen-bond acceptors (Lipinski definition) is 5. The summed E-state index contributed by atoms with van der Waals surface area (Å²) >= 11 is 0. The molecule has 0 spiro atoms. The van der Waals surface area contributed by atoms with Crippen molar-refractivity contribution in [2.45, 2.75) is 18.7 Å². The summed E-state index contributed by atoms with van der Waals surface area (Å²) in [4.78, 5) is -0.0878. The lowest BCUT2D eigenvalue weighted by molar-refractivity contribution is 0.402. The van der Waals surface area contributed by atoms with Crippen LogP contribution in [0.25, 0.3) is 11.3 Å². The van der Waals surface area contributed by atoms with Crippen molar-refractivity contribution in [3.63, 3.8) is 0 Å². The van der Waals surface area contributed by atoms with Gasteiger partial charge in [0.1, 0.15) is 16.5 Å². The molecule has 1 heterocycles. The molecule has 2 aromatic carbocycles. The Kier molecular flexibility index (Phi) is 4.69. The molecular formula is C18H17FN2O4S. The molecule has 0 aliphatic rings. The van der Waals surface area contributed by atoms with E-state index in [4.69, 9.17) is 9.26 Å². The van der Waals surface area contributed by atoms with Gasteiger partial charge in [0.2, 0.25) is 0 Å². The molecule has 6 nitrogen and oxygen atoms in total. The molecule has 8 heteroatoms. The van der Waals surface area contributed by atoms with Crippen molar-refractivity contribution in [1.29, 1.82) is 0 Å². The van der Waals surface area contributed by atoms with E-state index in [1.165, 1.54) is 37.4 Å². The maximum Gasteiger partial charge on any atom is 0.265 e. The first kappa shape index (κ1) is 17.9. The standard InChI is InChI=1S/C18H17FN2O4S/c1-11-12(2)20-25-18(11)13-7-8-16(24-3)17(9-13)26(22,23)21-15-6-4-5-14(19)10-15/h4-10,21H,1-3H3. The molecule has 0 radical (unpaired) electrons. The number of methoxy groups -OCH3 is 1. The van der Waals surface area contributed by atoms with Crippen molar-refractivity contribution in [2.24, 2.45) is 0 Å². The van der Waals surface area contributed by atoms with Crippen LogP contribution in [0.5, 0.6) is 5.75 Å². The van der Waals surface area contributed by atoms with Crippen LogP contribution in [-0.2, 0) is 10.0 Å². The van der Waals surface area contributed by atoms with Gasteiger partial charge in [-0.2, -0.15) is 0 Å². The highest BCUT2D eigenvalue weighted by Gasteiger charge is 2.22. The van der Waals surface area contributed by atoms with Crippen LogP contribution in [0.2, 0.25) is 0 Å². The number of halogens is 1. The van der Waals surface area contributed by atoms with Crippen molar-refractivity contribution >= 4 is 15.7 Å². The van der Waals surface area contributed by atoms with E-state index < -0.39 is 15.8 Å². The highest BCUT2D eigenvalue weighted by molar-refractivity contribution is 7.92. The minimum Gasteiger partial charge on any atom is -0.495 e. The van der Waals surface area contributed by atoms with E-state index in [9.17, 15) is 12.8 Å². The summed E-state index contributed by atoms with van der Waals surface area (Å²) < 4.78 is 51.8. The molecule has 3 rings (SSSR count). The van der Waals surface area contributed by atoms with Gasteiger partial charge in [0.05, 0.1) is 18.5 Å². The highest BCUT2D eigenvalue weighted by atomic mass is 32.2. The van der Waals surface area contributed by atoms with Crippen LogP contribution in [0.3, 0.4) is 0 Å². The third kappa shape index (κ3) is 3.41. The first-order chi connectivity index (χ1) is 12.3. The van der Waals surface area contributed by atoms with Gasteiger partial charge in [-0.05, 0) is 50.2 Å². The van der Waals surface area contributed by atoms with Gasteiger partial charge in [0.25, 0.3) is 10.0 Å². The van der Waals surface area contributed by atoms with Gasteiger partial charge >= 0.3 is 0 Å². The summed E-state index contributed by atoms with van der Waals surface area (Å²) in [5.41, 5.74) is 2.20. The number of benzene rings is 2. The van der Waals surface area contributed by atoms with Crippen molar-refractivity contribution in [3.05, 3.63) is 59.5 Å². The van der Waals surface area contributed by atoms with Crippen LogP contribution in [0.4, 0.5) is 10.1 Å². The monoisotopic (exact) mass is 376 g/mol. The molecule has 3 aromatic rings. The summed E-state index contributed by atoms with van der Waals surface area (Å²) in [6.07, 6.45) is 0. The SMILES string of the molecule is COc1ccc(-c2onc(C)c2C)cc1S(=O)(=O)Nc1cccc(F)c1. The molecule has 136 valence electrons. The maximum absolute atomic E-state index is 13.3. The number of aryl methyl sites for hydroxylation is 1. The van der Waals surface area contributed by atoms with E-state index >= 15 is 0 Å². The molecule has 0 atom stereocenters.